The van der Waals surface area contributed by atoms with E-state index in [0.717, 1.165) is 26.1 Å². The van der Waals surface area contributed by atoms with Crippen molar-refractivity contribution in [3.8, 4) is 5.75 Å². The molecule has 1 aliphatic heterocycles. The second-order valence-corrected chi connectivity index (χ2v) is 7.09. The molecule has 0 spiro atoms. The fourth-order valence-electron chi connectivity index (χ4n) is 2.89. The predicted molar refractivity (Wildman–Crippen MR) is 117 cm³/mol. The zero-order valence-corrected chi connectivity index (χ0v) is 19.1. The number of halogens is 5. The van der Waals surface area contributed by atoms with Crippen LogP contribution in [-0.4, -0.2) is 50.7 Å². The predicted octanol–water partition coefficient (Wildman–Crippen LogP) is 4.22. The summed E-state index contributed by atoms with van der Waals surface area (Å²) in [4.78, 5) is 6.74. The van der Waals surface area contributed by atoms with E-state index in [-0.39, 0.29) is 41.3 Å². The van der Waals surface area contributed by atoms with E-state index < -0.39 is 6.61 Å². The monoisotopic (exact) mass is 536 g/mol. The van der Waals surface area contributed by atoms with Crippen LogP contribution >= 0.6 is 47.2 Å². The zero-order valence-electron chi connectivity index (χ0n) is 15.3. The van der Waals surface area contributed by atoms with E-state index in [0.29, 0.717) is 29.0 Å². The van der Waals surface area contributed by atoms with Gasteiger partial charge in [-0.15, -0.1) is 24.0 Å². The summed E-state index contributed by atoms with van der Waals surface area (Å²) in [5, 5.41) is 6.83. The first kappa shape index (κ1) is 24.5. The van der Waals surface area contributed by atoms with Crippen LogP contribution in [0.15, 0.2) is 17.1 Å². The molecule has 1 aromatic rings. The highest BCUT2D eigenvalue weighted by atomic mass is 127. The Hall–Kier alpha value is -0.580. The summed E-state index contributed by atoms with van der Waals surface area (Å²) in [7, 11) is 2.10. The number of nitrogens with one attached hydrogen (secondary N) is 2. The molecule has 2 rings (SSSR count). The molecule has 0 aliphatic carbocycles. The maximum Gasteiger partial charge on any atom is 0.387 e. The fourth-order valence-corrected chi connectivity index (χ4v) is 3.47. The number of benzene rings is 1. The summed E-state index contributed by atoms with van der Waals surface area (Å²) in [6.07, 6.45) is 1.14. The van der Waals surface area contributed by atoms with Gasteiger partial charge in [0.05, 0.1) is 11.6 Å². The molecule has 1 atom stereocenters. The third-order valence-corrected chi connectivity index (χ3v) is 4.59. The highest BCUT2D eigenvalue weighted by Crippen LogP contribution is 2.34. The largest absolute Gasteiger partial charge is 0.433 e. The molecule has 5 nitrogen and oxygen atoms in total. The van der Waals surface area contributed by atoms with Gasteiger partial charge in [0.25, 0.3) is 0 Å². The summed E-state index contributed by atoms with van der Waals surface area (Å²) in [5.74, 6) is 1.08. The van der Waals surface area contributed by atoms with Gasteiger partial charge in [0.1, 0.15) is 5.75 Å². The van der Waals surface area contributed by atoms with Crippen LogP contribution in [0.4, 0.5) is 8.78 Å². The third kappa shape index (κ3) is 8.13. The molecule has 2 N–H and O–H groups in total. The Morgan fingerprint density at radius 2 is 2.11 bits per heavy atom. The van der Waals surface area contributed by atoms with Crippen molar-refractivity contribution < 1.29 is 13.5 Å². The molecule has 1 aliphatic rings. The first-order valence-electron chi connectivity index (χ1n) is 8.52. The van der Waals surface area contributed by atoms with Gasteiger partial charge in [0.15, 0.2) is 5.96 Å². The Labute approximate surface area is 185 Å². The molecule has 1 heterocycles. The van der Waals surface area contributed by atoms with Gasteiger partial charge < -0.3 is 20.3 Å². The number of hydrogen-bond acceptors (Lipinski definition) is 3. The van der Waals surface area contributed by atoms with E-state index in [1.54, 1.807) is 0 Å². The van der Waals surface area contributed by atoms with Gasteiger partial charge >= 0.3 is 6.61 Å². The van der Waals surface area contributed by atoms with Crippen molar-refractivity contribution in [2.75, 3.05) is 33.2 Å². The number of aliphatic imine (C=N–C) groups is 1. The average molecular weight is 537 g/mol. The summed E-state index contributed by atoms with van der Waals surface area (Å²) in [6, 6.07) is 2.90. The van der Waals surface area contributed by atoms with Crippen LogP contribution in [0.25, 0.3) is 0 Å². The van der Waals surface area contributed by atoms with Crippen LogP contribution in [0, 0.1) is 5.92 Å². The van der Waals surface area contributed by atoms with E-state index in [2.05, 4.69) is 32.3 Å². The van der Waals surface area contributed by atoms with Gasteiger partial charge in [-0.1, -0.05) is 23.2 Å². The molecule has 0 saturated carbocycles. The Morgan fingerprint density at radius 1 is 1.37 bits per heavy atom. The highest BCUT2D eigenvalue weighted by molar-refractivity contribution is 14.0. The number of guanidine groups is 1. The Kier molecular flexibility index (Phi) is 10.9. The van der Waals surface area contributed by atoms with Crippen LogP contribution in [0.5, 0.6) is 5.75 Å². The first-order valence-corrected chi connectivity index (χ1v) is 9.28. The summed E-state index contributed by atoms with van der Waals surface area (Å²) >= 11 is 12.0. The first-order chi connectivity index (χ1) is 12.4. The Balaban J connectivity index is 0.00000364. The molecule has 27 heavy (non-hydrogen) atoms. The Bertz CT molecular complexity index is 637. The lowest BCUT2D eigenvalue weighted by Crippen LogP contribution is -2.40. The molecular weight excluding hydrogens is 512 g/mol. The lowest BCUT2D eigenvalue weighted by atomic mass is 10.1. The normalized spacial score (nSPS) is 17.7. The molecule has 1 unspecified atom stereocenters. The fraction of sp³-hybridized carbons (Fsp3) is 0.588. The molecule has 0 aromatic heterocycles. The molecule has 0 amide bonds. The molecule has 1 fully saturated rings. The summed E-state index contributed by atoms with van der Waals surface area (Å²) in [5.41, 5.74) is 0.403. The van der Waals surface area contributed by atoms with Gasteiger partial charge in [0, 0.05) is 30.2 Å². The Morgan fingerprint density at radius 3 is 2.70 bits per heavy atom. The molecule has 154 valence electrons. The van der Waals surface area contributed by atoms with Crippen LogP contribution in [0.3, 0.4) is 0 Å². The number of rotatable bonds is 7. The van der Waals surface area contributed by atoms with Crippen molar-refractivity contribution >= 4 is 53.1 Å². The minimum atomic E-state index is -2.97. The second kappa shape index (κ2) is 12.1. The van der Waals surface area contributed by atoms with Crippen molar-refractivity contribution in [2.24, 2.45) is 10.9 Å². The standard InChI is InChI=1S/C17H24Cl2F2N4O.HI/c1-3-22-17(23-8-11-4-5-25(2)10-11)24-9-12-6-13(18)7-14(19)15(12)26-16(20)21;/h6-7,11,16H,3-5,8-10H2,1-2H3,(H2,22,23,24);1H. The van der Waals surface area contributed by atoms with Crippen LogP contribution in [-0.2, 0) is 6.54 Å². The van der Waals surface area contributed by atoms with Crippen LogP contribution in [0.1, 0.15) is 18.9 Å². The SMILES string of the molecule is CCNC(=NCc1cc(Cl)cc(Cl)c1OC(F)F)NCC1CCN(C)C1.I. The second-order valence-electron chi connectivity index (χ2n) is 6.25. The summed E-state index contributed by atoms with van der Waals surface area (Å²) in [6.45, 7) is 2.73. The molecule has 0 bridgehead atoms. The minimum absolute atomic E-state index is 0. The van der Waals surface area contributed by atoms with Gasteiger partial charge in [-0.2, -0.15) is 8.78 Å². The van der Waals surface area contributed by atoms with E-state index in [1.807, 2.05) is 6.92 Å². The van der Waals surface area contributed by atoms with Crippen molar-refractivity contribution in [3.63, 3.8) is 0 Å². The van der Waals surface area contributed by atoms with Crippen LogP contribution < -0.4 is 15.4 Å². The number of alkyl halides is 2. The maximum atomic E-state index is 12.6. The summed E-state index contributed by atoms with van der Waals surface area (Å²) < 4.78 is 29.8. The molecule has 0 radical (unpaired) electrons. The number of ether oxygens (including phenoxy) is 1. The van der Waals surface area contributed by atoms with Gasteiger partial charge in [-0.3, -0.25) is 0 Å². The number of likely N-dealkylation sites (tertiary alicyclic amines) is 1. The lowest BCUT2D eigenvalue weighted by Gasteiger charge is -2.16. The smallest absolute Gasteiger partial charge is 0.387 e. The quantitative estimate of drug-likeness (QED) is 0.311. The average Bonchev–Trinajstić information content (AvgIpc) is 2.98. The van der Waals surface area contributed by atoms with Gasteiger partial charge in [-0.25, -0.2) is 4.99 Å². The van der Waals surface area contributed by atoms with Crippen molar-refractivity contribution in [2.45, 2.75) is 26.5 Å². The number of hydrogen-bond donors (Lipinski definition) is 2. The van der Waals surface area contributed by atoms with Crippen molar-refractivity contribution in [1.29, 1.82) is 0 Å². The number of nitrogens with zero attached hydrogens (tertiary/aromatic N) is 2. The molecular formula is C17H25Cl2F2IN4O. The zero-order chi connectivity index (χ0) is 19.1. The molecule has 1 saturated heterocycles. The van der Waals surface area contributed by atoms with Gasteiger partial charge in [-0.05, 0) is 45.0 Å². The maximum absolute atomic E-state index is 12.6. The third-order valence-electron chi connectivity index (χ3n) is 4.09. The lowest BCUT2D eigenvalue weighted by molar-refractivity contribution is -0.0503. The van der Waals surface area contributed by atoms with Gasteiger partial charge in [0.2, 0.25) is 0 Å². The van der Waals surface area contributed by atoms with Crippen molar-refractivity contribution in [3.05, 3.63) is 27.7 Å². The minimum Gasteiger partial charge on any atom is -0.433 e. The van der Waals surface area contributed by atoms with Crippen molar-refractivity contribution in [1.82, 2.24) is 15.5 Å². The van der Waals surface area contributed by atoms with E-state index in [4.69, 9.17) is 23.2 Å². The molecule has 1 aromatic carbocycles. The van der Waals surface area contributed by atoms with Crippen LogP contribution in [0.2, 0.25) is 10.0 Å². The topological polar surface area (TPSA) is 48.9 Å². The van der Waals surface area contributed by atoms with E-state index >= 15 is 0 Å². The van der Waals surface area contributed by atoms with E-state index in [9.17, 15) is 8.78 Å². The highest BCUT2D eigenvalue weighted by Gasteiger charge is 2.19. The van der Waals surface area contributed by atoms with E-state index in [1.165, 1.54) is 12.1 Å². The molecule has 10 heteroatoms.